The van der Waals surface area contributed by atoms with Crippen molar-refractivity contribution in [3.63, 3.8) is 0 Å². The number of hydrogen-bond donors (Lipinski definition) is 1. The van der Waals surface area contributed by atoms with Crippen molar-refractivity contribution in [1.29, 1.82) is 0 Å². The van der Waals surface area contributed by atoms with Crippen LogP contribution in [0.1, 0.15) is 6.92 Å². The molecule has 1 saturated heterocycles. The molecule has 17 heavy (non-hydrogen) atoms. The van der Waals surface area contributed by atoms with Crippen molar-refractivity contribution in [2.24, 2.45) is 17.8 Å². The van der Waals surface area contributed by atoms with E-state index in [2.05, 4.69) is 10.1 Å². The lowest BCUT2D eigenvalue weighted by atomic mass is 10.1. The van der Waals surface area contributed by atoms with Crippen molar-refractivity contribution in [2.45, 2.75) is 19.2 Å². The molecule has 0 amide bonds. The zero-order valence-electron chi connectivity index (χ0n) is 9.08. The Balaban J connectivity index is 1.87. The molecule has 2 rings (SSSR count). The third-order valence-electron chi connectivity index (χ3n) is 3.34. The van der Waals surface area contributed by atoms with E-state index in [1.54, 1.807) is 0 Å². The molecule has 0 radical (unpaired) electrons. The van der Waals surface area contributed by atoms with Gasteiger partial charge in [0.25, 0.3) is 0 Å². The van der Waals surface area contributed by atoms with Crippen molar-refractivity contribution in [2.75, 3.05) is 13.1 Å². The fourth-order valence-electron chi connectivity index (χ4n) is 2.40. The molecule has 0 bridgehead atoms. The number of rotatable bonds is 3. The molecule has 1 aliphatic carbocycles. The number of alkyl halides is 3. The van der Waals surface area contributed by atoms with E-state index in [1.165, 1.54) is 6.92 Å². The van der Waals surface area contributed by atoms with Crippen LogP contribution < -0.4 is 5.32 Å². The molecule has 0 aromatic carbocycles. The number of Topliss-reactive ketones (excluding diaryl/α,β-unsaturated/α-hetero) is 1. The maximum absolute atomic E-state index is 11.9. The fraction of sp³-hybridized carbons (Fsp3) is 0.800. The van der Waals surface area contributed by atoms with Crippen LogP contribution in [0, 0.1) is 17.8 Å². The lowest BCUT2D eigenvalue weighted by molar-refractivity contribution is -0.204. The van der Waals surface area contributed by atoms with Crippen molar-refractivity contribution < 1.29 is 27.5 Å². The summed E-state index contributed by atoms with van der Waals surface area (Å²) in [7, 11) is 0. The van der Waals surface area contributed by atoms with E-state index in [1.807, 2.05) is 0 Å². The summed E-state index contributed by atoms with van der Waals surface area (Å²) < 4.78 is 39.9. The largest absolute Gasteiger partial charge is 0.490 e. The minimum Gasteiger partial charge on any atom is -0.448 e. The first kappa shape index (κ1) is 12.3. The fourth-order valence-corrected chi connectivity index (χ4v) is 2.40. The molecule has 0 aromatic heterocycles. The molecule has 2 aliphatic rings. The third-order valence-corrected chi connectivity index (χ3v) is 3.34. The molecule has 3 unspecified atom stereocenters. The predicted octanol–water partition coefficient (Wildman–Crippen LogP) is 0.515. The van der Waals surface area contributed by atoms with Crippen LogP contribution in [-0.2, 0) is 14.3 Å². The summed E-state index contributed by atoms with van der Waals surface area (Å²) in [6.07, 6.45) is -6.37. The summed E-state index contributed by atoms with van der Waals surface area (Å²) >= 11 is 0. The molecule has 96 valence electrons. The maximum atomic E-state index is 11.9. The summed E-state index contributed by atoms with van der Waals surface area (Å²) in [5, 5.41) is 3.07. The SMILES string of the molecule is CC(OC(=O)C(F)(F)F)C(=O)C1C2CNCC21. The molecule has 1 aliphatic heterocycles. The first-order valence-electron chi connectivity index (χ1n) is 5.34. The zero-order chi connectivity index (χ0) is 12.8. The number of hydrogen-bond acceptors (Lipinski definition) is 4. The van der Waals surface area contributed by atoms with Gasteiger partial charge in [-0.25, -0.2) is 4.79 Å². The highest BCUT2D eigenvalue weighted by Crippen LogP contribution is 2.49. The maximum Gasteiger partial charge on any atom is 0.490 e. The van der Waals surface area contributed by atoms with Crippen LogP contribution in [-0.4, -0.2) is 37.1 Å². The number of carbonyl (C=O) groups excluding carboxylic acids is 2. The number of nitrogens with one attached hydrogen (secondary N) is 1. The Hall–Kier alpha value is -1.11. The van der Waals surface area contributed by atoms with Crippen molar-refractivity contribution in [3.8, 4) is 0 Å². The summed E-state index contributed by atoms with van der Waals surface area (Å²) in [5.41, 5.74) is 0. The van der Waals surface area contributed by atoms with E-state index in [4.69, 9.17) is 0 Å². The standard InChI is InChI=1S/C10H12F3NO3/c1-4(17-9(16)10(11,12)13)8(15)7-5-2-14-3-6(5)7/h4-7,14H,2-3H2,1H3. The molecule has 0 spiro atoms. The van der Waals surface area contributed by atoms with E-state index in [0.29, 0.717) is 13.1 Å². The highest BCUT2D eigenvalue weighted by atomic mass is 19.4. The molecular formula is C10H12F3NO3. The summed E-state index contributed by atoms with van der Waals surface area (Å²) in [6.45, 7) is 2.61. The Labute approximate surface area is 95.5 Å². The van der Waals surface area contributed by atoms with E-state index in [9.17, 15) is 22.8 Å². The first-order chi connectivity index (χ1) is 7.82. The Bertz CT molecular complexity index is 345. The Kier molecular flexibility index (Phi) is 2.89. The van der Waals surface area contributed by atoms with Gasteiger partial charge >= 0.3 is 12.1 Å². The minimum atomic E-state index is -5.05. The van der Waals surface area contributed by atoms with Gasteiger partial charge in [0.15, 0.2) is 11.9 Å². The van der Waals surface area contributed by atoms with Gasteiger partial charge in [-0.15, -0.1) is 0 Å². The number of carbonyl (C=O) groups is 2. The summed E-state index contributed by atoms with van der Waals surface area (Å²) in [5.74, 6) is -2.54. The zero-order valence-corrected chi connectivity index (χ0v) is 9.08. The number of piperidine rings is 1. The van der Waals surface area contributed by atoms with Crippen LogP contribution >= 0.6 is 0 Å². The van der Waals surface area contributed by atoms with Crippen molar-refractivity contribution >= 4 is 11.8 Å². The van der Waals surface area contributed by atoms with Crippen LogP contribution in [0.15, 0.2) is 0 Å². The quantitative estimate of drug-likeness (QED) is 0.743. The van der Waals surface area contributed by atoms with Crippen LogP contribution in [0.5, 0.6) is 0 Å². The second-order valence-corrected chi connectivity index (χ2v) is 4.46. The van der Waals surface area contributed by atoms with Gasteiger partial charge in [-0.2, -0.15) is 13.2 Å². The highest BCUT2D eigenvalue weighted by Gasteiger charge is 2.58. The van der Waals surface area contributed by atoms with Gasteiger partial charge in [-0.1, -0.05) is 0 Å². The number of halogens is 3. The monoisotopic (exact) mass is 251 g/mol. The molecule has 1 N–H and O–H groups in total. The normalized spacial score (nSPS) is 32.8. The molecule has 1 heterocycles. The van der Waals surface area contributed by atoms with E-state index >= 15 is 0 Å². The second kappa shape index (κ2) is 3.97. The van der Waals surface area contributed by atoms with E-state index < -0.39 is 24.0 Å². The average molecular weight is 251 g/mol. The van der Waals surface area contributed by atoms with Gasteiger partial charge in [-0.3, -0.25) is 4.79 Å². The lowest BCUT2D eigenvalue weighted by Gasteiger charge is -2.14. The van der Waals surface area contributed by atoms with E-state index in [-0.39, 0.29) is 17.8 Å². The summed E-state index contributed by atoms with van der Waals surface area (Å²) in [6, 6.07) is 0. The van der Waals surface area contributed by atoms with Crippen LogP contribution in [0.25, 0.3) is 0 Å². The Morgan fingerprint density at radius 2 is 1.82 bits per heavy atom. The molecule has 2 fully saturated rings. The summed E-state index contributed by atoms with van der Waals surface area (Å²) in [4.78, 5) is 22.3. The van der Waals surface area contributed by atoms with Gasteiger partial charge in [0.1, 0.15) is 0 Å². The predicted molar refractivity (Wildman–Crippen MR) is 50.0 cm³/mol. The number of esters is 1. The van der Waals surface area contributed by atoms with Crippen molar-refractivity contribution in [3.05, 3.63) is 0 Å². The molecule has 0 aromatic rings. The smallest absolute Gasteiger partial charge is 0.448 e. The highest BCUT2D eigenvalue weighted by molar-refractivity contribution is 5.90. The Morgan fingerprint density at radius 3 is 2.29 bits per heavy atom. The van der Waals surface area contributed by atoms with Gasteiger partial charge in [0.05, 0.1) is 0 Å². The average Bonchev–Trinajstić information content (AvgIpc) is 2.68. The van der Waals surface area contributed by atoms with Crippen LogP contribution in [0.3, 0.4) is 0 Å². The number of fused-ring (bicyclic) bond motifs is 1. The van der Waals surface area contributed by atoms with Gasteiger partial charge in [-0.05, 0) is 31.8 Å². The third kappa shape index (κ3) is 2.29. The molecule has 1 saturated carbocycles. The topological polar surface area (TPSA) is 55.4 Å². The van der Waals surface area contributed by atoms with Gasteiger partial charge in [0, 0.05) is 5.92 Å². The molecule has 7 heteroatoms. The van der Waals surface area contributed by atoms with Crippen LogP contribution in [0.2, 0.25) is 0 Å². The Morgan fingerprint density at radius 1 is 1.29 bits per heavy atom. The second-order valence-electron chi connectivity index (χ2n) is 4.46. The first-order valence-corrected chi connectivity index (χ1v) is 5.34. The van der Waals surface area contributed by atoms with Gasteiger partial charge < -0.3 is 10.1 Å². The molecule has 4 nitrogen and oxygen atoms in total. The lowest BCUT2D eigenvalue weighted by Crippen LogP contribution is -2.34. The number of ether oxygens (including phenoxy) is 1. The molecule has 3 atom stereocenters. The number of ketones is 1. The van der Waals surface area contributed by atoms with Crippen LogP contribution in [0.4, 0.5) is 13.2 Å². The van der Waals surface area contributed by atoms with E-state index in [0.717, 1.165) is 0 Å². The van der Waals surface area contributed by atoms with Crippen molar-refractivity contribution in [1.82, 2.24) is 5.32 Å². The molecular weight excluding hydrogens is 239 g/mol. The minimum absolute atomic E-state index is 0.203. The van der Waals surface area contributed by atoms with Gasteiger partial charge in [0.2, 0.25) is 0 Å².